The monoisotopic (exact) mass is 339 g/mol. The summed E-state index contributed by atoms with van der Waals surface area (Å²) in [7, 11) is 4.03. The van der Waals surface area contributed by atoms with Gasteiger partial charge in [-0.1, -0.05) is 29.8 Å². The zero-order valence-corrected chi connectivity index (χ0v) is 14.7. The highest BCUT2D eigenvalue weighted by Gasteiger charge is 2.43. The van der Waals surface area contributed by atoms with Crippen LogP contribution in [0.15, 0.2) is 42.5 Å². The second-order valence-corrected chi connectivity index (χ2v) is 6.50. The van der Waals surface area contributed by atoms with E-state index >= 15 is 0 Å². The van der Waals surface area contributed by atoms with Crippen molar-refractivity contribution in [3.05, 3.63) is 53.1 Å². The molecule has 0 aromatic heterocycles. The molecule has 2 rings (SSSR count). The Hall–Kier alpha value is -1.09. The topological polar surface area (TPSA) is 20.3 Å². The van der Waals surface area contributed by atoms with Crippen molar-refractivity contribution >= 4 is 35.9 Å². The first kappa shape index (κ1) is 19.0. The highest BCUT2D eigenvalue weighted by Crippen LogP contribution is 2.42. The van der Waals surface area contributed by atoms with Gasteiger partial charge in [-0.3, -0.25) is 4.79 Å². The number of carbonyl (C=O) groups excluding carboxylic acids is 1. The minimum atomic E-state index is -0.302. The van der Waals surface area contributed by atoms with Gasteiger partial charge in [0, 0.05) is 17.0 Å². The predicted molar refractivity (Wildman–Crippen MR) is 96.7 cm³/mol. The Morgan fingerprint density at radius 1 is 1.32 bits per heavy atom. The van der Waals surface area contributed by atoms with Gasteiger partial charge in [-0.25, -0.2) is 0 Å². The van der Waals surface area contributed by atoms with Gasteiger partial charge in [-0.05, 0) is 62.7 Å². The van der Waals surface area contributed by atoms with Gasteiger partial charge in [0.15, 0.2) is 5.78 Å². The first-order valence-electron chi connectivity index (χ1n) is 7.23. The van der Waals surface area contributed by atoms with Crippen LogP contribution in [0.5, 0.6) is 0 Å². The van der Waals surface area contributed by atoms with E-state index in [0.717, 1.165) is 36.9 Å². The molecule has 1 aliphatic rings. The van der Waals surface area contributed by atoms with E-state index in [1.165, 1.54) is 0 Å². The van der Waals surface area contributed by atoms with Crippen LogP contribution < -0.4 is 0 Å². The number of carbonyl (C=O) groups is 1. The molecule has 1 unspecified atom stereocenters. The number of nitrogens with zero attached hydrogens (tertiary/aromatic N) is 1. The quantitative estimate of drug-likeness (QED) is 0.575. The van der Waals surface area contributed by atoms with Crippen molar-refractivity contribution in [1.29, 1.82) is 0 Å². The smallest absolute Gasteiger partial charge is 0.166 e. The summed E-state index contributed by atoms with van der Waals surface area (Å²) in [6, 6.07) is 7.60. The average molecular weight is 340 g/mol. The van der Waals surface area contributed by atoms with Crippen molar-refractivity contribution in [2.24, 2.45) is 5.41 Å². The number of benzene rings is 1. The minimum absolute atomic E-state index is 0. The van der Waals surface area contributed by atoms with E-state index in [1.807, 2.05) is 50.5 Å². The fourth-order valence-electron chi connectivity index (χ4n) is 3.13. The molecule has 0 amide bonds. The first-order chi connectivity index (χ1) is 9.97. The standard InChI is InChI=1S/C18H22ClNO.ClH/c1-4-10-18(13-20(2)3)11-9-15(17(18)21)12-14-5-7-16(19)8-6-14;/h4-8,12H,1,9-11,13H2,2-3H3;1H/b15-12+;. The SMILES string of the molecule is C=CCC1(CN(C)C)CC/C(=C\c2ccc(Cl)cc2)C1=O.Cl. The van der Waals surface area contributed by atoms with Crippen LogP contribution in [0.2, 0.25) is 5.02 Å². The number of allylic oxidation sites excluding steroid dienone is 2. The number of halogens is 2. The molecule has 22 heavy (non-hydrogen) atoms. The summed E-state index contributed by atoms with van der Waals surface area (Å²) in [6.07, 6.45) is 6.34. The van der Waals surface area contributed by atoms with Crippen LogP contribution in [-0.2, 0) is 4.79 Å². The minimum Gasteiger partial charge on any atom is -0.308 e. The molecule has 120 valence electrons. The van der Waals surface area contributed by atoms with Crippen molar-refractivity contribution < 1.29 is 4.79 Å². The Balaban J connectivity index is 0.00000242. The molecule has 0 saturated heterocycles. The summed E-state index contributed by atoms with van der Waals surface area (Å²) < 4.78 is 0. The van der Waals surface area contributed by atoms with Crippen LogP contribution in [0.1, 0.15) is 24.8 Å². The third-order valence-corrected chi connectivity index (χ3v) is 4.26. The molecule has 1 aliphatic carbocycles. The van der Waals surface area contributed by atoms with E-state index in [9.17, 15) is 4.79 Å². The Labute approximate surface area is 144 Å². The molecule has 0 radical (unpaired) electrons. The van der Waals surface area contributed by atoms with Gasteiger partial charge in [0.2, 0.25) is 0 Å². The van der Waals surface area contributed by atoms with Crippen LogP contribution in [0.25, 0.3) is 6.08 Å². The third kappa shape index (κ3) is 4.22. The largest absolute Gasteiger partial charge is 0.308 e. The normalized spacial score (nSPS) is 22.9. The molecule has 1 saturated carbocycles. The maximum absolute atomic E-state index is 12.9. The molecule has 2 nitrogen and oxygen atoms in total. The maximum atomic E-state index is 12.9. The molecule has 1 atom stereocenters. The second-order valence-electron chi connectivity index (χ2n) is 6.06. The number of ketones is 1. The summed E-state index contributed by atoms with van der Waals surface area (Å²) >= 11 is 5.90. The summed E-state index contributed by atoms with van der Waals surface area (Å²) in [5.41, 5.74) is 1.65. The summed E-state index contributed by atoms with van der Waals surface area (Å²) in [6.45, 7) is 4.60. The summed E-state index contributed by atoms with van der Waals surface area (Å²) in [5.74, 6) is 0.269. The van der Waals surface area contributed by atoms with Gasteiger partial charge in [0.1, 0.15) is 0 Å². The molecule has 0 N–H and O–H groups in total. The van der Waals surface area contributed by atoms with E-state index in [2.05, 4.69) is 11.5 Å². The molecule has 0 heterocycles. The fourth-order valence-corrected chi connectivity index (χ4v) is 3.26. The average Bonchev–Trinajstić information content (AvgIpc) is 2.71. The molecular weight excluding hydrogens is 317 g/mol. The Kier molecular flexibility index (Phi) is 6.86. The van der Waals surface area contributed by atoms with Crippen LogP contribution in [0.4, 0.5) is 0 Å². The molecule has 1 aromatic rings. The van der Waals surface area contributed by atoms with Crippen molar-refractivity contribution in [2.75, 3.05) is 20.6 Å². The zero-order valence-electron chi connectivity index (χ0n) is 13.1. The van der Waals surface area contributed by atoms with E-state index in [0.29, 0.717) is 5.02 Å². The van der Waals surface area contributed by atoms with Gasteiger partial charge in [-0.2, -0.15) is 0 Å². The van der Waals surface area contributed by atoms with Crippen molar-refractivity contribution in [2.45, 2.75) is 19.3 Å². The lowest BCUT2D eigenvalue weighted by atomic mass is 9.81. The van der Waals surface area contributed by atoms with Gasteiger partial charge in [0.25, 0.3) is 0 Å². The van der Waals surface area contributed by atoms with E-state index in [-0.39, 0.29) is 23.6 Å². The Morgan fingerprint density at radius 2 is 1.95 bits per heavy atom. The number of hydrogen-bond acceptors (Lipinski definition) is 2. The summed E-state index contributed by atoms with van der Waals surface area (Å²) in [4.78, 5) is 14.9. The lowest BCUT2D eigenvalue weighted by Gasteiger charge is -2.29. The Morgan fingerprint density at radius 3 is 2.50 bits per heavy atom. The Bertz CT molecular complexity index is 563. The van der Waals surface area contributed by atoms with Crippen LogP contribution in [-0.4, -0.2) is 31.3 Å². The fraction of sp³-hybridized carbons (Fsp3) is 0.389. The van der Waals surface area contributed by atoms with E-state index in [1.54, 1.807) is 0 Å². The first-order valence-corrected chi connectivity index (χ1v) is 7.61. The van der Waals surface area contributed by atoms with Crippen molar-refractivity contribution in [3.8, 4) is 0 Å². The molecule has 1 aromatic carbocycles. The highest BCUT2D eigenvalue weighted by molar-refractivity contribution is 6.30. The molecule has 1 fully saturated rings. The number of rotatable bonds is 5. The molecule has 0 aliphatic heterocycles. The van der Waals surface area contributed by atoms with Gasteiger partial charge in [0.05, 0.1) is 0 Å². The molecular formula is C18H23Cl2NO. The third-order valence-electron chi connectivity index (χ3n) is 4.01. The van der Waals surface area contributed by atoms with Crippen molar-refractivity contribution in [1.82, 2.24) is 4.90 Å². The van der Waals surface area contributed by atoms with Crippen LogP contribution >= 0.6 is 24.0 Å². The maximum Gasteiger partial charge on any atom is 0.166 e. The highest BCUT2D eigenvalue weighted by atomic mass is 35.5. The van der Waals surface area contributed by atoms with Gasteiger partial charge < -0.3 is 4.90 Å². The second kappa shape index (κ2) is 7.96. The zero-order chi connectivity index (χ0) is 15.5. The van der Waals surface area contributed by atoms with Gasteiger partial charge in [-0.15, -0.1) is 19.0 Å². The van der Waals surface area contributed by atoms with Crippen LogP contribution in [0.3, 0.4) is 0 Å². The van der Waals surface area contributed by atoms with Gasteiger partial charge >= 0.3 is 0 Å². The lowest BCUT2D eigenvalue weighted by molar-refractivity contribution is -0.123. The lowest BCUT2D eigenvalue weighted by Crippen LogP contribution is -2.37. The van der Waals surface area contributed by atoms with E-state index < -0.39 is 0 Å². The van der Waals surface area contributed by atoms with E-state index in [4.69, 9.17) is 11.6 Å². The molecule has 0 spiro atoms. The summed E-state index contributed by atoms with van der Waals surface area (Å²) in [5, 5.41) is 0.712. The molecule has 0 bridgehead atoms. The predicted octanol–water partition coefficient (Wildman–Crippen LogP) is 4.63. The number of Topliss-reactive ketones (excluding diaryl/α,β-unsaturated/α-hetero) is 1. The number of hydrogen-bond donors (Lipinski definition) is 0. The van der Waals surface area contributed by atoms with Crippen LogP contribution in [0, 0.1) is 5.41 Å². The van der Waals surface area contributed by atoms with Crippen molar-refractivity contribution in [3.63, 3.8) is 0 Å². The molecule has 4 heteroatoms.